The summed E-state index contributed by atoms with van der Waals surface area (Å²) in [5.74, 6) is -0.684. The van der Waals surface area contributed by atoms with Gasteiger partial charge in [-0.25, -0.2) is 0 Å². The highest BCUT2D eigenvalue weighted by Crippen LogP contribution is 2.09. The van der Waals surface area contributed by atoms with Gasteiger partial charge in [-0.2, -0.15) is 0 Å². The van der Waals surface area contributed by atoms with E-state index >= 15 is 0 Å². The molecule has 17 heavy (non-hydrogen) atoms. The second-order valence-electron chi connectivity index (χ2n) is 4.95. The van der Waals surface area contributed by atoms with Gasteiger partial charge in [0.25, 0.3) is 0 Å². The number of carbonyl (C=O) groups is 2. The zero-order chi connectivity index (χ0) is 13.0. The average molecular weight is 242 g/mol. The lowest BCUT2D eigenvalue weighted by Crippen LogP contribution is -2.49. The molecule has 2 N–H and O–H groups in total. The Balaban J connectivity index is 2.45. The number of hydrogen-bond acceptors (Lipinski definition) is 3. The summed E-state index contributed by atoms with van der Waals surface area (Å²) in [6, 6.07) is -0.561. The van der Waals surface area contributed by atoms with Crippen molar-refractivity contribution in [2.24, 2.45) is 5.92 Å². The molecule has 5 heteroatoms. The summed E-state index contributed by atoms with van der Waals surface area (Å²) < 4.78 is 0. The molecule has 2 atom stereocenters. The van der Waals surface area contributed by atoms with Crippen LogP contribution in [0.5, 0.6) is 0 Å². The molecule has 0 unspecified atom stereocenters. The normalized spacial score (nSPS) is 19.2. The first-order chi connectivity index (χ1) is 7.93. The Kier molecular flexibility index (Phi) is 4.93. The molecule has 0 radical (unpaired) electrons. The van der Waals surface area contributed by atoms with E-state index in [1.54, 1.807) is 25.7 Å². The van der Waals surface area contributed by atoms with Gasteiger partial charge in [-0.15, -0.1) is 0 Å². The van der Waals surface area contributed by atoms with Crippen LogP contribution in [0, 0.1) is 5.92 Å². The third-order valence-electron chi connectivity index (χ3n) is 3.05. The largest absolute Gasteiger partial charge is 0.383 e. The Labute approximate surface area is 102 Å². The van der Waals surface area contributed by atoms with Gasteiger partial charge in [0.1, 0.15) is 12.1 Å². The number of carbonyl (C=O) groups excluding carboxylic acids is 2. The van der Waals surface area contributed by atoms with Gasteiger partial charge in [-0.05, 0) is 25.7 Å². The van der Waals surface area contributed by atoms with Crippen molar-refractivity contribution in [3.8, 4) is 0 Å². The summed E-state index contributed by atoms with van der Waals surface area (Å²) in [6.45, 7) is 6.72. The Morgan fingerprint density at radius 2 is 1.71 bits per heavy atom. The zero-order valence-corrected chi connectivity index (χ0v) is 10.8. The molecule has 1 rings (SSSR count). The second-order valence-corrected chi connectivity index (χ2v) is 4.95. The van der Waals surface area contributed by atoms with Gasteiger partial charge in [0.15, 0.2) is 0 Å². The first-order valence-electron chi connectivity index (χ1n) is 6.20. The van der Waals surface area contributed by atoms with Gasteiger partial charge < -0.3 is 15.3 Å². The molecule has 1 fully saturated rings. The van der Waals surface area contributed by atoms with Crippen molar-refractivity contribution in [1.29, 1.82) is 0 Å². The Morgan fingerprint density at radius 1 is 1.18 bits per heavy atom. The van der Waals surface area contributed by atoms with E-state index in [0.717, 1.165) is 25.9 Å². The summed E-state index contributed by atoms with van der Waals surface area (Å²) >= 11 is 0. The van der Waals surface area contributed by atoms with Gasteiger partial charge >= 0.3 is 0 Å². The molecule has 1 heterocycles. The molecule has 0 saturated carbocycles. The van der Waals surface area contributed by atoms with E-state index in [9.17, 15) is 14.7 Å². The van der Waals surface area contributed by atoms with Crippen molar-refractivity contribution in [2.45, 2.75) is 45.8 Å². The molecule has 98 valence electrons. The third-order valence-corrected chi connectivity index (χ3v) is 3.05. The van der Waals surface area contributed by atoms with Crippen molar-refractivity contribution in [3.63, 3.8) is 0 Å². The minimum Gasteiger partial charge on any atom is -0.383 e. The fourth-order valence-corrected chi connectivity index (χ4v) is 1.87. The number of nitrogens with one attached hydrogen (secondary N) is 1. The Morgan fingerprint density at radius 3 is 2.18 bits per heavy atom. The first kappa shape index (κ1) is 14.0. The van der Waals surface area contributed by atoms with Crippen molar-refractivity contribution in [1.82, 2.24) is 10.2 Å². The van der Waals surface area contributed by atoms with Crippen molar-refractivity contribution < 1.29 is 14.7 Å². The van der Waals surface area contributed by atoms with Gasteiger partial charge in [-0.1, -0.05) is 13.8 Å². The summed E-state index contributed by atoms with van der Waals surface area (Å²) in [6.07, 6.45) is 1.01. The van der Waals surface area contributed by atoms with E-state index in [1.165, 1.54) is 0 Å². The molecule has 0 bridgehead atoms. The maximum absolute atomic E-state index is 11.9. The van der Waals surface area contributed by atoms with Crippen molar-refractivity contribution in [3.05, 3.63) is 0 Å². The number of likely N-dealkylation sites (tertiary alicyclic amines) is 1. The summed E-state index contributed by atoms with van der Waals surface area (Å²) in [5.41, 5.74) is 0. The fraction of sp³-hybridized carbons (Fsp3) is 0.833. The van der Waals surface area contributed by atoms with Crippen LogP contribution in [-0.2, 0) is 9.59 Å². The number of aliphatic hydroxyl groups excluding tert-OH is 1. The predicted octanol–water partition coefficient (Wildman–Crippen LogP) is 0.130. The number of rotatable bonds is 4. The summed E-state index contributed by atoms with van der Waals surface area (Å²) in [4.78, 5) is 25.2. The lowest BCUT2D eigenvalue weighted by Gasteiger charge is -2.23. The summed E-state index contributed by atoms with van der Waals surface area (Å²) in [5, 5.41) is 12.1. The number of hydrogen-bond donors (Lipinski definition) is 2. The fourth-order valence-electron chi connectivity index (χ4n) is 1.87. The maximum Gasteiger partial charge on any atom is 0.249 e. The molecule has 0 aromatic rings. The molecule has 5 nitrogen and oxygen atoms in total. The highest BCUT2D eigenvalue weighted by molar-refractivity contribution is 5.89. The molecule has 1 aliphatic rings. The second kappa shape index (κ2) is 6.00. The standard InChI is InChI=1S/C12H22N2O3/c1-8(2)10(15)11(16)13-9(3)12(17)14-6-4-5-7-14/h8-10,15H,4-7H2,1-3H3,(H,13,16)/t9-,10+/m0/s1. The van der Waals surface area contributed by atoms with Gasteiger partial charge in [0, 0.05) is 13.1 Å². The third kappa shape index (κ3) is 3.70. The molecular formula is C12H22N2O3. The molecule has 0 aromatic carbocycles. The molecule has 2 amide bonds. The van der Waals surface area contributed by atoms with Crippen LogP contribution in [0.2, 0.25) is 0 Å². The lowest BCUT2D eigenvalue weighted by molar-refractivity contribution is -0.138. The summed E-state index contributed by atoms with van der Waals surface area (Å²) in [7, 11) is 0. The van der Waals surface area contributed by atoms with Crippen LogP contribution < -0.4 is 5.32 Å². The topological polar surface area (TPSA) is 69.6 Å². The van der Waals surface area contributed by atoms with E-state index in [2.05, 4.69) is 5.32 Å². The van der Waals surface area contributed by atoms with Crippen LogP contribution in [0.4, 0.5) is 0 Å². The molecule has 0 aromatic heterocycles. The first-order valence-corrected chi connectivity index (χ1v) is 6.20. The van der Waals surface area contributed by atoms with Crippen LogP contribution >= 0.6 is 0 Å². The number of amides is 2. The van der Waals surface area contributed by atoms with Crippen molar-refractivity contribution in [2.75, 3.05) is 13.1 Å². The minimum atomic E-state index is -1.05. The lowest BCUT2D eigenvalue weighted by atomic mass is 10.1. The maximum atomic E-state index is 11.9. The van der Waals surface area contributed by atoms with Crippen LogP contribution in [0.3, 0.4) is 0 Å². The van der Waals surface area contributed by atoms with E-state index in [-0.39, 0.29) is 11.8 Å². The smallest absolute Gasteiger partial charge is 0.249 e. The van der Waals surface area contributed by atoms with Crippen LogP contribution in [0.15, 0.2) is 0 Å². The molecular weight excluding hydrogens is 220 g/mol. The van der Waals surface area contributed by atoms with Crippen LogP contribution in [0.25, 0.3) is 0 Å². The molecule has 1 aliphatic heterocycles. The average Bonchev–Trinajstić information content (AvgIpc) is 2.79. The highest BCUT2D eigenvalue weighted by atomic mass is 16.3. The molecule has 1 saturated heterocycles. The molecule has 0 spiro atoms. The Bertz CT molecular complexity index is 285. The quantitative estimate of drug-likeness (QED) is 0.736. The zero-order valence-electron chi connectivity index (χ0n) is 10.8. The van der Waals surface area contributed by atoms with E-state index in [4.69, 9.17) is 0 Å². The Hall–Kier alpha value is -1.10. The monoisotopic (exact) mass is 242 g/mol. The minimum absolute atomic E-state index is 0.0631. The van der Waals surface area contributed by atoms with Gasteiger partial charge in [0.05, 0.1) is 0 Å². The number of nitrogens with zero attached hydrogens (tertiary/aromatic N) is 1. The van der Waals surface area contributed by atoms with Gasteiger partial charge in [0.2, 0.25) is 11.8 Å². The predicted molar refractivity (Wildman–Crippen MR) is 64.3 cm³/mol. The number of aliphatic hydroxyl groups is 1. The van der Waals surface area contributed by atoms with Crippen LogP contribution in [-0.4, -0.2) is 47.1 Å². The SMILES string of the molecule is CC(C)[C@@H](O)C(=O)N[C@@H](C)C(=O)N1CCCC1. The van der Waals surface area contributed by atoms with E-state index in [0.29, 0.717) is 0 Å². The highest BCUT2D eigenvalue weighted by Gasteiger charge is 2.27. The van der Waals surface area contributed by atoms with Crippen molar-refractivity contribution >= 4 is 11.8 Å². The van der Waals surface area contributed by atoms with E-state index < -0.39 is 18.1 Å². The molecule has 0 aliphatic carbocycles. The van der Waals surface area contributed by atoms with Crippen LogP contribution in [0.1, 0.15) is 33.6 Å². The van der Waals surface area contributed by atoms with E-state index in [1.807, 2.05) is 0 Å². The van der Waals surface area contributed by atoms with Gasteiger partial charge in [-0.3, -0.25) is 9.59 Å².